The molecule has 1 fully saturated rings. The van der Waals surface area contributed by atoms with E-state index >= 15 is 0 Å². The van der Waals surface area contributed by atoms with Gasteiger partial charge in [0.1, 0.15) is 11.3 Å². The van der Waals surface area contributed by atoms with Gasteiger partial charge in [-0.3, -0.25) is 0 Å². The molecule has 3 nitrogen and oxygen atoms in total. The molecule has 1 aliphatic rings. The number of rotatable bonds is 3. The normalized spacial score (nSPS) is 17.2. The zero-order chi connectivity index (χ0) is 13.2. The molecule has 0 bridgehead atoms. The van der Waals surface area contributed by atoms with E-state index in [1.165, 1.54) is 32.1 Å². The standard InChI is InChI=1S/C14H17Cl2N3/c15-7-13-18-12-6-11(16)8-17-14(12)19(13)9-10-4-2-1-3-5-10/h6,8,10H,1-5,7,9H2. The fraction of sp³-hybridized carbons (Fsp3) is 0.571. The van der Waals surface area contributed by atoms with Gasteiger partial charge in [-0.05, 0) is 24.8 Å². The lowest BCUT2D eigenvalue weighted by Gasteiger charge is -2.22. The van der Waals surface area contributed by atoms with Crippen molar-refractivity contribution in [3.63, 3.8) is 0 Å². The van der Waals surface area contributed by atoms with Crippen molar-refractivity contribution >= 4 is 34.4 Å². The molecule has 0 spiro atoms. The summed E-state index contributed by atoms with van der Waals surface area (Å²) in [6, 6.07) is 1.86. The molecule has 5 heteroatoms. The number of aromatic nitrogens is 3. The summed E-state index contributed by atoms with van der Waals surface area (Å²) >= 11 is 12.0. The van der Waals surface area contributed by atoms with Crippen molar-refractivity contribution in [1.29, 1.82) is 0 Å². The number of fused-ring (bicyclic) bond motifs is 1. The summed E-state index contributed by atoms with van der Waals surface area (Å²) in [6.45, 7) is 0.979. The maximum Gasteiger partial charge on any atom is 0.160 e. The highest BCUT2D eigenvalue weighted by Crippen LogP contribution is 2.27. The molecule has 1 saturated carbocycles. The van der Waals surface area contributed by atoms with Gasteiger partial charge in [0.2, 0.25) is 0 Å². The molecule has 0 unspecified atom stereocenters. The van der Waals surface area contributed by atoms with Gasteiger partial charge in [-0.1, -0.05) is 30.9 Å². The number of nitrogens with zero attached hydrogens (tertiary/aromatic N) is 3. The third kappa shape index (κ3) is 2.72. The highest BCUT2D eigenvalue weighted by Gasteiger charge is 2.18. The van der Waals surface area contributed by atoms with Gasteiger partial charge in [0.05, 0.1) is 10.9 Å². The molecule has 0 radical (unpaired) electrons. The number of pyridine rings is 1. The number of imidazole rings is 1. The van der Waals surface area contributed by atoms with Crippen molar-refractivity contribution < 1.29 is 0 Å². The Bertz CT molecular complexity index is 573. The van der Waals surface area contributed by atoms with Crippen LogP contribution in [0.25, 0.3) is 11.2 Å². The number of hydrogen-bond acceptors (Lipinski definition) is 2. The molecule has 3 rings (SSSR count). The maximum absolute atomic E-state index is 6.02. The lowest BCUT2D eigenvalue weighted by atomic mass is 9.89. The summed E-state index contributed by atoms with van der Waals surface area (Å²) in [5.74, 6) is 2.04. The van der Waals surface area contributed by atoms with Gasteiger partial charge >= 0.3 is 0 Å². The zero-order valence-electron chi connectivity index (χ0n) is 10.8. The SMILES string of the molecule is ClCc1nc2cc(Cl)cnc2n1CC1CCCCC1. The smallest absolute Gasteiger partial charge is 0.160 e. The Morgan fingerprint density at radius 3 is 2.79 bits per heavy atom. The molecule has 2 aromatic rings. The van der Waals surface area contributed by atoms with E-state index in [0.29, 0.717) is 10.9 Å². The summed E-state index contributed by atoms with van der Waals surface area (Å²) < 4.78 is 2.18. The minimum atomic E-state index is 0.417. The third-order valence-corrected chi connectivity index (χ3v) is 4.36. The van der Waals surface area contributed by atoms with Gasteiger partial charge in [-0.15, -0.1) is 11.6 Å². The second-order valence-corrected chi connectivity index (χ2v) is 5.98. The lowest BCUT2D eigenvalue weighted by Crippen LogP contribution is -2.16. The largest absolute Gasteiger partial charge is 0.311 e. The Labute approximate surface area is 122 Å². The lowest BCUT2D eigenvalue weighted by molar-refractivity contribution is 0.319. The first-order valence-corrected chi connectivity index (χ1v) is 7.76. The maximum atomic E-state index is 6.02. The van der Waals surface area contributed by atoms with Gasteiger partial charge in [0, 0.05) is 12.7 Å². The quantitative estimate of drug-likeness (QED) is 0.786. The van der Waals surface area contributed by atoms with Gasteiger partial charge in [0.15, 0.2) is 5.65 Å². The van der Waals surface area contributed by atoms with Crippen molar-refractivity contribution in [2.75, 3.05) is 0 Å². The predicted molar refractivity (Wildman–Crippen MR) is 78.7 cm³/mol. The Balaban J connectivity index is 1.95. The van der Waals surface area contributed by atoms with Crippen LogP contribution < -0.4 is 0 Å². The van der Waals surface area contributed by atoms with Crippen molar-refractivity contribution in [1.82, 2.24) is 14.5 Å². The van der Waals surface area contributed by atoms with Crippen molar-refractivity contribution in [3.05, 3.63) is 23.1 Å². The summed E-state index contributed by atoms with van der Waals surface area (Å²) in [4.78, 5) is 8.97. The summed E-state index contributed by atoms with van der Waals surface area (Å²) in [5.41, 5.74) is 1.75. The summed E-state index contributed by atoms with van der Waals surface area (Å²) in [5, 5.41) is 0.621. The Hall–Kier alpha value is -0.800. The second-order valence-electron chi connectivity index (χ2n) is 5.27. The molecule has 0 atom stereocenters. The first-order chi connectivity index (χ1) is 9.28. The molecule has 0 aliphatic heterocycles. The molecular weight excluding hydrogens is 281 g/mol. The van der Waals surface area contributed by atoms with E-state index in [0.717, 1.165) is 29.5 Å². The Morgan fingerprint density at radius 2 is 2.05 bits per heavy atom. The van der Waals surface area contributed by atoms with Crippen molar-refractivity contribution in [3.8, 4) is 0 Å². The Kier molecular flexibility index (Phi) is 3.94. The fourth-order valence-electron chi connectivity index (χ4n) is 2.96. The van der Waals surface area contributed by atoms with Crippen molar-refractivity contribution in [2.45, 2.75) is 44.5 Å². The minimum Gasteiger partial charge on any atom is -0.311 e. The van der Waals surface area contributed by atoms with Crippen LogP contribution in [0.2, 0.25) is 5.02 Å². The number of alkyl halides is 1. The van der Waals surface area contributed by atoms with Gasteiger partial charge in [0.25, 0.3) is 0 Å². The number of hydrogen-bond donors (Lipinski definition) is 0. The van der Waals surface area contributed by atoms with Crippen LogP contribution in [0, 0.1) is 5.92 Å². The molecule has 0 aromatic carbocycles. The molecule has 19 heavy (non-hydrogen) atoms. The molecule has 1 aliphatic carbocycles. The van der Waals surface area contributed by atoms with Crippen LogP contribution in [0.15, 0.2) is 12.3 Å². The van der Waals surface area contributed by atoms with E-state index in [1.807, 2.05) is 6.07 Å². The van der Waals surface area contributed by atoms with E-state index in [-0.39, 0.29) is 0 Å². The van der Waals surface area contributed by atoms with E-state index in [2.05, 4.69) is 14.5 Å². The van der Waals surface area contributed by atoms with Gasteiger partial charge in [-0.2, -0.15) is 0 Å². The van der Waals surface area contributed by atoms with Crippen LogP contribution in [0.3, 0.4) is 0 Å². The highest BCUT2D eigenvalue weighted by atomic mass is 35.5. The minimum absolute atomic E-state index is 0.417. The molecule has 0 N–H and O–H groups in total. The van der Waals surface area contributed by atoms with Crippen LogP contribution in [0.5, 0.6) is 0 Å². The summed E-state index contributed by atoms with van der Waals surface area (Å²) in [7, 11) is 0. The molecule has 102 valence electrons. The average Bonchev–Trinajstić information content (AvgIpc) is 2.77. The van der Waals surface area contributed by atoms with Gasteiger partial charge in [-0.25, -0.2) is 9.97 Å². The third-order valence-electron chi connectivity index (χ3n) is 3.92. The first kappa shape index (κ1) is 13.2. The highest BCUT2D eigenvalue weighted by molar-refractivity contribution is 6.31. The van der Waals surface area contributed by atoms with E-state index in [4.69, 9.17) is 23.2 Å². The van der Waals surface area contributed by atoms with Crippen LogP contribution in [-0.4, -0.2) is 14.5 Å². The van der Waals surface area contributed by atoms with Crippen LogP contribution in [0.4, 0.5) is 0 Å². The molecule has 2 aromatic heterocycles. The van der Waals surface area contributed by atoms with Crippen LogP contribution >= 0.6 is 23.2 Å². The Morgan fingerprint density at radius 1 is 1.26 bits per heavy atom. The summed E-state index contributed by atoms with van der Waals surface area (Å²) in [6.07, 6.45) is 8.34. The first-order valence-electron chi connectivity index (χ1n) is 6.84. The molecule has 2 heterocycles. The van der Waals surface area contributed by atoms with E-state index in [9.17, 15) is 0 Å². The van der Waals surface area contributed by atoms with Crippen LogP contribution in [0.1, 0.15) is 37.9 Å². The zero-order valence-corrected chi connectivity index (χ0v) is 12.3. The van der Waals surface area contributed by atoms with E-state index < -0.39 is 0 Å². The van der Waals surface area contributed by atoms with Gasteiger partial charge < -0.3 is 4.57 Å². The van der Waals surface area contributed by atoms with E-state index in [1.54, 1.807) is 6.20 Å². The van der Waals surface area contributed by atoms with Crippen molar-refractivity contribution in [2.24, 2.45) is 5.92 Å². The predicted octanol–water partition coefficient (Wildman–Crippen LogP) is 4.40. The fourth-order valence-corrected chi connectivity index (χ4v) is 3.31. The van der Waals surface area contributed by atoms with Crippen LogP contribution in [-0.2, 0) is 12.4 Å². The molecular formula is C14H17Cl2N3. The second kappa shape index (κ2) is 5.68. The number of halogens is 2. The average molecular weight is 298 g/mol. The molecule has 0 saturated heterocycles. The topological polar surface area (TPSA) is 30.7 Å². The molecule has 0 amide bonds. The monoisotopic (exact) mass is 297 g/mol.